The first-order valence-electron chi connectivity index (χ1n) is 10.3. The molecular formula is C25H26N2O5. The summed E-state index contributed by atoms with van der Waals surface area (Å²) in [6, 6.07) is 16.6. The standard InChI is InChI=1S/C25H26N2O5/c1-31-24(29)22(20-14-8-9-15-20)27-23(28)21(16-18-10-4-2-5-11-18)26-25(30)32-17-19-12-6-3-7-13-19/h2-8,10-15,21-22H,9,16-17H2,1H3,(H,26,30)(H,27,28)/t21-,22?/m0/s1. The van der Waals surface area contributed by atoms with Crippen molar-refractivity contribution in [2.75, 3.05) is 7.11 Å². The third kappa shape index (κ3) is 6.57. The molecular weight excluding hydrogens is 408 g/mol. The van der Waals surface area contributed by atoms with Crippen molar-refractivity contribution in [1.29, 1.82) is 0 Å². The van der Waals surface area contributed by atoms with Crippen molar-refractivity contribution in [2.45, 2.75) is 31.5 Å². The van der Waals surface area contributed by atoms with Crippen LogP contribution >= 0.6 is 0 Å². The van der Waals surface area contributed by atoms with Crippen molar-refractivity contribution in [3.63, 3.8) is 0 Å². The lowest BCUT2D eigenvalue weighted by atomic mass is 10.0. The topological polar surface area (TPSA) is 93.7 Å². The molecule has 7 heteroatoms. The number of allylic oxidation sites excluding steroid dienone is 2. The molecule has 2 atom stereocenters. The summed E-state index contributed by atoms with van der Waals surface area (Å²) in [4.78, 5) is 37.8. The third-order valence-corrected chi connectivity index (χ3v) is 4.96. The summed E-state index contributed by atoms with van der Waals surface area (Å²) in [6.07, 6.45) is 5.69. The molecule has 0 spiro atoms. The van der Waals surface area contributed by atoms with Crippen LogP contribution in [0.25, 0.3) is 0 Å². The van der Waals surface area contributed by atoms with Gasteiger partial charge in [0, 0.05) is 6.42 Å². The van der Waals surface area contributed by atoms with E-state index >= 15 is 0 Å². The first-order valence-corrected chi connectivity index (χ1v) is 10.3. The van der Waals surface area contributed by atoms with Crippen molar-refractivity contribution in [2.24, 2.45) is 0 Å². The SMILES string of the molecule is COC(=O)C(NC(=O)[C@H](Cc1ccccc1)NC(=O)OCc1ccccc1)C1=CCC=C1. The predicted octanol–water partition coefficient (Wildman–Crippen LogP) is 3.07. The van der Waals surface area contributed by atoms with Crippen molar-refractivity contribution < 1.29 is 23.9 Å². The van der Waals surface area contributed by atoms with Crippen LogP contribution in [0.1, 0.15) is 17.5 Å². The van der Waals surface area contributed by atoms with Gasteiger partial charge >= 0.3 is 12.1 Å². The molecule has 0 heterocycles. The highest BCUT2D eigenvalue weighted by atomic mass is 16.5. The summed E-state index contributed by atoms with van der Waals surface area (Å²) in [5, 5.41) is 5.33. The minimum absolute atomic E-state index is 0.0782. The van der Waals surface area contributed by atoms with Crippen LogP contribution in [0.2, 0.25) is 0 Å². The molecule has 0 saturated carbocycles. The third-order valence-electron chi connectivity index (χ3n) is 4.96. The van der Waals surface area contributed by atoms with E-state index in [0.29, 0.717) is 12.0 Å². The number of amides is 2. The number of alkyl carbamates (subject to hydrolysis) is 1. The highest BCUT2D eigenvalue weighted by Crippen LogP contribution is 2.15. The summed E-state index contributed by atoms with van der Waals surface area (Å²) in [6.45, 7) is 0.0782. The highest BCUT2D eigenvalue weighted by Gasteiger charge is 2.30. The second kappa shape index (κ2) is 11.5. The van der Waals surface area contributed by atoms with Crippen LogP contribution in [0.15, 0.2) is 84.5 Å². The molecule has 0 saturated heterocycles. The quantitative estimate of drug-likeness (QED) is 0.592. The summed E-state index contributed by atoms with van der Waals surface area (Å²) in [7, 11) is 1.27. The molecule has 2 aromatic rings. The molecule has 0 aromatic heterocycles. The van der Waals surface area contributed by atoms with E-state index in [1.54, 1.807) is 6.08 Å². The van der Waals surface area contributed by atoms with Crippen LogP contribution in [0.5, 0.6) is 0 Å². The van der Waals surface area contributed by atoms with E-state index in [4.69, 9.17) is 9.47 Å². The minimum Gasteiger partial charge on any atom is -0.467 e. The molecule has 166 valence electrons. The van der Waals surface area contributed by atoms with Crippen LogP contribution in [0.3, 0.4) is 0 Å². The fraction of sp³-hybridized carbons (Fsp3) is 0.240. The van der Waals surface area contributed by atoms with Crippen LogP contribution < -0.4 is 10.6 Å². The van der Waals surface area contributed by atoms with E-state index < -0.39 is 30.1 Å². The normalized spacial score (nSPS) is 14.1. The molecule has 2 amide bonds. The second-order valence-corrected chi connectivity index (χ2v) is 7.26. The van der Waals surface area contributed by atoms with Gasteiger partial charge in [-0.05, 0) is 23.1 Å². The lowest BCUT2D eigenvalue weighted by molar-refractivity contribution is -0.144. The van der Waals surface area contributed by atoms with Gasteiger partial charge in [0.1, 0.15) is 12.6 Å². The maximum atomic E-state index is 13.1. The number of hydrogen-bond acceptors (Lipinski definition) is 5. The largest absolute Gasteiger partial charge is 0.467 e. The van der Waals surface area contributed by atoms with Gasteiger partial charge in [0.05, 0.1) is 7.11 Å². The number of esters is 1. The maximum Gasteiger partial charge on any atom is 0.408 e. The Bertz CT molecular complexity index is 986. The van der Waals surface area contributed by atoms with Crippen LogP contribution in [-0.2, 0) is 32.1 Å². The van der Waals surface area contributed by atoms with Gasteiger partial charge in [-0.1, -0.05) is 78.9 Å². The van der Waals surface area contributed by atoms with E-state index in [1.807, 2.05) is 72.8 Å². The molecule has 2 N–H and O–H groups in total. The molecule has 3 rings (SSSR count). The number of methoxy groups -OCH3 is 1. The molecule has 7 nitrogen and oxygen atoms in total. The number of nitrogens with one attached hydrogen (secondary N) is 2. The summed E-state index contributed by atoms with van der Waals surface area (Å²) < 4.78 is 10.1. The smallest absolute Gasteiger partial charge is 0.408 e. The monoisotopic (exact) mass is 434 g/mol. The van der Waals surface area contributed by atoms with Gasteiger partial charge in [0.15, 0.2) is 6.04 Å². The van der Waals surface area contributed by atoms with Gasteiger partial charge in [-0.2, -0.15) is 0 Å². The molecule has 0 radical (unpaired) electrons. The lowest BCUT2D eigenvalue weighted by Gasteiger charge is -2.22. The Labute approximate surface area is 187 Å². The van der Waals surface area contributed by atoms with E-state index in [2.05, 4.69) is 10.6 Å². The fourth-order valence-corrected chi connectivity index (χ4v) is 3.30. The van der Waals surface area contributed by atoms with Gasteiger partial charge in [-0.15, -0.1) is 0 Å². The van der Waals surface area contributed by atoms with Crippen molar-refractivity contribution in [1.82, 2.24) is 10.6 Å². The number of ether oxygens (including phenoxy) is 2. The molecule has 1 aliphatic carbocycles. The van der Waals surface area contributed by atoms with Gasteiger partial charge in [-0.25, -0.2) is 9.59 Å². The highest BCUT2D eigenvalue weighted by molar-refractivity contribution is 5.91. The van der Waals surface area contributed by atoms with Crippen molar-refractivity contribution >= 4 is 18.0 Å². The minimum atomic E-state index is -0.952. The van der Waals surface area contributed by atoms with Crippen LogP contribution in [0, 0.1) is 0 Å². The zero-order chi connectivity index (χ0) is 22.8. The number of benzene rings is 2. The van der Waals surface area contributed by atoms with Gasteiger partial charge in [0.25, 0.3) is 0 Å². The molecule has 32 heavy (non-hydrogen) atoms. The Morgan fingerprint density at radius 2 is 1.59 bits per heavy atom. The molecule has 2 aromatic carbocycles. The van der Waals surface area contributed by atoms with E-state index in [-0.39, 0.29) is 13.0 Å². The van der Waals surface area contributed by atoms with E-state index in [0.717, 1.165) is 11.1 Å². The van der Waals surface area contributed by atoms with Crippen molar-refractivity contribution in [3.05, 3.63) is 95.6 Å². The zero-order valence-electron chi connectivity index (χ0n) is 17.8. The van der Waals surface area contributed by atoms with Gasteiger partial charge in [0.2, 0.25) is 5.91 Å². The van der Waals surface area contributed by atoms with Gasteiger partial charge < -0.3 is 20.1 Å². The first-order chi connectivity index (χ1) is 15.6. The Morgan fingerprint density at radius 3 is 2.19 bits per heavy atom. The number of hydrogen-bond donors (Lipinski definition) is 2. The number of carbonyl (C=O) groups is 3. The Hall–Kier alpha value is -3.87. The lowest BCUT2D eigenvalue weighted by Crippen LogP contribution is -2.53. The average Bonchev–Trinajstić information content (AvgIpc) is 3.36. The average molecular weight is 434 g/mol. The van der Waals surface area contributed by atoms with Gasteiger partial charge in [-0.3, -0.25) is 4.79 Å². The van der Waals surface area contributed by atoms with Crippen LogP contribution in [-0.4, -0.2) is 37.2 Å². The van der Waals surface area contributed by atoms with E-state index in [9.17, 15) is 14.4 Å². The summed E-state index contributed by atoms with van der Waals surface area (Å²) >= 11 is 0. The molecule has 0 bridgehead atoms. The van der Waals surface area contributed by atoms with Crippen molar-refractivity contribution in [3.8, 4) is 0 Å². The number of rotatable bonds is 9. The summed E-state index contributed by atoms with van der Waals surface area (Å²) in [5.74, 6) is -1.09. The fourth-order valence-electron chi connectivity index (χ4n) is 3.30. The number of carbonyl (C=O) groups excluding carboxylic acids is 3. The molecule has 0 aliphatic heterocycles. The summed E-state index contributed by atoms with van der Waals surface area (Å²) in [5.41, 5.74) is 2.33. The molecule has 0 fully saturated rings. The second-order valence-electron chi connectivity index (χ2n) is 7.26. The Kier molecular flexibility index (Phi) is 8.20. The predicted molar refractivity (Wildman–Crippen MR) is 119 cm³/mol. The zero-order valence-corrected chi connectivity index (χ0v) is 17.8. The molecule has 1 aliphatic rings. The first kappa shape index (κ1) is 22.8. The van der Waals surface area contributed by atoms with Crippen LogP contribution in [0.4, 0.5) is 4.79 Å². The Morgan fingerprint density at radius 1 is 0.938 bits per heavy atom. The molecule has 1 unspecified atom stereocenters. The Balaban J connectivity index is 1.70. The maximum absolute atomic E-state index is 13.1. The van der Waals surface area contributed by atoms with E-state index in [1.165, 1.54) is 7.11 Å².